The molecule has 2 rings (SSSR count). The van der Waals surface area contributed by atoms with E-state index in [-0.39, 0.29) is 0 Å². The van der Waals surface area contributed by atoms with E-state index in [2.05, 4.69) is 11.4 Å². The fourth-order valence-electron chi connectivity index (χ4n) is 1.56. The predicted molar refractivity (Wildman–Crippen MR) is 75.6 cm³/mol. The Labute approximate surface area is 120 Å². The van der Waals surface area contributed by atoms with Gasteiger partial charge in [-0.05, 0) is 36.4 Å². The van der Waals surface area contributed by atoms with E-state index in [9.17, 15) is 0 Å². The summed E-state index contributed by atoms with van der Waals surface area (Å²) < 4.78 is 0. The van der Waals surface area contributed by atoms with Crippen LogP contribution in [-0.4, -0.2) is 0 Å². The maximum atomic E-state index is 9.04. The first kappa shape index (κ1) is 13.2. The molecule has 92 valence electrons. The van der Waals surface area contributed by atoms with Gasteiger partial charge < -0.3 is 5.32 Å². The summed E-state index contributed by atoms with van der Waals surface area (Å²) in [6, 6.07) is 14.0. The Bertz CT molecular complexity index is 712. The van der Waals surface area contributed by atoms with Crippen molar-refractivity contribution in [3.05, 3.63) is 57.6 Å². The lowest BCUT2D eigenvalue weighted by atomic mass is 10.1. The highest BCUT2D eigenvalue weighted by atomic mass is 35.5. The minimum Gasteiger partial charge on any atom is -0.354 e. The van der Waals surface area contributed by atoms with Crippen molar-refractivity contribution in [2.45, 2.75) is 0 Å². The molecule has 1 N–H and O–H groups in total. The summed E-state index contributed by atoms with van der Waals surface area (Å²) in [6.45, 7) is 0. The smallest absolute Gasteiger partial charge is 0.101 e. The molecule has 0 amide bonds. The number of nitriles is 2. The maximum absolute atomic E-state index is 9.04. The number of hydrogen-bond donors (Lipinski definition) is 1. The average molecular weight is 288 g/mol. The van der Waals surface area contributed by atoms with Gasteiger partial charge in [0.2, 0.25) is 0 Å². The van der Waals surface area contributed by atoms with Crippen LogP contribution in [-0.2, 0) is 0 Å². The molecule has 19 heavy (non-hydrogen) atoms. The predicted octanol–water partition coefficient (Wildman–Crippen LogP) is 4.48. The van der Waals surface area contributed by atoms with Crippen molar-refractivity contribution in [2.24, 2.45) is 0 Å². The van der Waals surface area contributed by atoms with E-state index in [1.54, 1.807) is 36.4 Å². The zero-order valence-electron chi connectivity index (χ0n) is 9.61. The van der Waals surface area contributed by atoms with Gasteiger partial charge in [0, 0.05) is 10.7 Å². The number of nitrogens with one attached hydrogen (secondary N) is 1. The molecule has 0 spiro atoms. The zero-order valence-corrected chi connectivity index (χ0v) is 11.1. The van der Waals surface area contributed by atoms with E-state index >= 15 is 0 Å². The van der Waals surface area contributed by atoms with E-state index in [0.29, 0.717) is 32.5 Å². The molecule has 0 aromatic heterocycles. The van der Waals surface area contributed by atoms with Crippen LogP contribution in [0.4, 0.5) is 11.4 Å². The molecule has 0 saturated carbocycles. The fraction of sp³-hybridized carbons (Fsp3) is 0. The van der Waals surface area contributed by atoms with Gasteiger partial charge in [0.05, 0.1) is 21.8 Å². The Morgan fingerprint density at radius 2 is 1.63 bits per heavy atom. The van der Waals surface area contributed by atoms with E-state index in [0.717, 1.165) is 0 Å². The Hall–Kier alpha value is -2.20. The van der Waals surface area contributed by atoms with Crippen LogP contribution in [0.15, 0.2) is 36.4 Å². The molecule has 0 atom stereocenters. The third-order valence-corrected chi connectivity index (χ3v) is 3.02. The zero-order chi connectivity index (χ0) is 13.8. The van der Waals surface area contributed by atoms with E-state index < -0.39 is 0 Å². The highest BCUT2D eigenvalue weighted by molar-refractivity contribution is 6.32. The maximum Gasteiger partial charge on any atom is 0.101 e. The monoisotopic (exact) mass is 287 g/mol. The second kappa shape index (κ2) is 5.63. The fourth-order valence-corrected chi connectivity index (χ4v) is 1.95. The third-order valence-electron chi connectivity index (χ3n) is 2.47. The summed E-state index contributed by atoms with van der Waals surface area (Å²) in [5.74, 6) is 0. The normalized spacial score (nSPS) is 9.47. The molecular formula is C14H7Cl2N3. The lowest BCUT2D eigenvalue weighted by molar-refractivity contribution is 1.45. The van der Waals surface area contributed by atoms with Gasteiger partial charge >= 0.3 is 0 Å². The van der Waals surface area contributed by atoms with Gasteiger partial charge in [0.15, 0.2) is 0 Å². The van der Waals surface area contributed by atoms with Gasteiger partial charge in [0.1, 0.15) is 12.1 Å². The number of hydrogen-bond acceptors (Lipinski definition) is 3. The van der Waals surface area contributed by atoms with Gasteiger partial charge in [-0.3, -0.25) is 0 Å². The van der Waals surface area contributed by atoms with Crippen molar-refractivity contribution < 1.29 is 0 Å². The number of benzene rings is 2. The largest absolute Gasteiger partial charge is 0.354 e. The molecule has 3 nitrogen and oxygen atoms in total. The summed E-state index contributed by atoms with van der Waals surface area (Å²) in [4.78, 5) is 0. The number of rotatable bonds is 2. The van der Waals surface area contributed by atoms with Gasteiger partial charge in [-0.2, -0.15) is 10.5 Å². The first-order valence-electron chi connectivity index (χ1n) is 5.30. The lowest BCUT2D eigenvalue weighted by Gasteiger charge is -2.09. The van der Waals surface area contributed by atoms with Crippen molar-refractivity contribution in [1.29, 1.82) is 10.5 Å². The molecule has 0 heterocycles. The Morgan fingerprint density at radius 3 is 2.26 bits per heavy atom. The van der Waals surface area contributed by atoms with Crippen molar-refractivity contribution >= 4 is 34.6 Å². The standard InChI is InChI=1S/C14H7Cl2N3/c15-11-2-4-14(10(5-11)8-18)19-12-3-1-9(7-17)13(16)6-12/h1-6,19H. The van der Waals surface area contributed by atoms with Crippen molar-refractivity contribution in [1.82, 2.24) is 0 Å². The quantitative estimate of drug-likeness (QED) is 0.886. The second-order valence-corrected chi connectivity index (χ2v) is 4.58. The van der Waals surface area contributed by atoms with Crippen LogP contribution < -0.4 is 5.32 Å². The molecule has 2 aromatic carbocycles. The minimum atomic E-state index is 0.361. The highest BCUT2D eigenvalue weighted by Crippen LogP contribution is 2.26. The summed E-state index contributed by atoms with van der Waals surface area (Å²) in [6.07, 6.45) is 0. The van der Waals surface area contributed by atoms with Crippen LogP contribution in [0.2, 0.25) is 10.0 Å². The lowest BCUT2D eigenvalue weighted by Crippen LogP contribution is -1.94. The molecule has 0 radical (unpaired) electrons. The van der Waals surface area contributed by atoms with Crippen molar-refractivity contribution in [3.8, 4) is 12.1 Å². The Balaban J connectivity index is 2.35. The molecule has 0 fully saturated rings. The first-order chi connectivity index (χ1) is 9.13. The first-order valence-corrected chi connectivity index (χ1v) is 6.06. The summed E-state index contributed by atoms with van der Waals surface area (Å²) in [5.41, 5.74) is 2.17. The molecular weight excluding hydrogens is 281 g/mol. The highest BCUT2D eigenvalue weighted by Gasteiger charge is 2.05. The Kier molecular flexibility index (Phi) is 3.92. The van der Waals surface area contributed by atoms with E-state index in [1.165, 1.54) is 0 Å². The molecule has 2 aromatic rings. The molecule has 0 bridgehead atoms. The minimum absolute atomic E-state index is 0.361. The van der Waals surface area contributed by atoms with Gasteiger partial charge in [0.25, 0.3) is 0 Å². The summed E-state index contributed by atoms with van der Waals surface area (Å²) >= 11 is 11.8. The number of halogens is 2. The summed E-state index contributed by atoms with van der Waals surface area (Å²) in [7, 11) is 0. The van der Waals surface area contributed by atoms with Crippen LogP contribution >= 0.6 is 23.2 Å². The number of anilines is 2. The topological polar surface area (TPSA) is 59.6 Å². The van der Waals surface area contributed by atoms with Gasteiger partial charge in [-0.1, -0.05) is 23.2 Å². The van der Waals surface area contributed by atoms with Crippen LogP contribution in [0.3, 0.4) is 0 Å². The van der Waals surface area contributed by atoms with Crippen molar-refractivity contribution in [2.75, 3.05) is 5.32 Å². The van der Waals surface area contributed by atoms with E-state index in [4.69, 9.17) is 33.7 Å². The van der Waals surface area contributed by atoms with Gasteiger partial charge in [-0.25, -0.2) is 0 Å². The van der Waals surface area contributed by atoms with Gasteiger partial charge in [-0.15, -0.1) is 0 Å². The van der Waals surface area contributed by atoms with Crippen molar-refractivity contribution in [3.63, 3.8) is 0 Å². The molecule has 0 aliphatic carbocycles. The molecule has 0 aliphatic heterocycles. The summed E-state index contributed by atoms with van der Waals surface area (Å²) in [5, 5.41) is 21.8. The van der Waals surface area contributed by atoms with E-state index in [1.807, 2.05) is 6.07 Å². The SMILES string of the molecule is N#Cc1ccc(Nc2ccc(Cl)cc2C#N)cc1Cl. The molecule has 0 aliphatic rings. The van der Waals surface area contributed by atoms with Crippen LogP contribution in [0.5, 0.6) is 0 Å². The molecule has 0 unspecified atom stereocenters. The van der Waals surface area contributed by atoms with Crippen LogP contribution in [0.25, 0.3) is 0 Å². The third kappa shape index (κ3) is 2.98. The second-order valence-electron chi connectivity index (χ2n) is 3.73. The average Bonchev–Trinajstić information content (AvgIpc) is 2.41. The Morgan fingerprint density at radius 1 is 0.895 bits per heavy atom. The molecule has 0 saturated heterocycles. The number of nitrogens with zero attached hydrogens (tertiary/aromatic N) is 2. The molecule has 5 heteroatoms. The van der Waals surface area contributed by atoms with Crippen LogP contribution in [0, 0.1) is 22.7 Å². The van der Waals surface area contributed by atoms with Crippen LogP contribution in [0.1, 0.15) is 11.1 Å².